The summed E-state index contributed by atoms with van der Waals surface area (Å²) in [5.41, 5.74) is 3.62. The second kappa shape index (κ2) is 6.85. The van der Waals surface area contributed by atoms with Gasteiger partial charge in [-0.1, -0.05) is 23.7 Å². The van der Waals surface area contributed by atoms with Crippen LogP contribution in [0, 0.1) is 11.6 Å². The van der Waals surface area contributed by atoms with E-state index in [4.69, 9.17) is 22.2 Å². The molecule has 1 atom stereocenters. The van der Waals surface area contributed by atoms with Crippen LogP contribution >= 0.6 is 11.6 Å². The van der Waals surface area contributed by atoms with Crippen molar-refractivity contribution >= 4 is 11.6 Å². The summed E-state index contributed by atoms with van der Waals surface area (Å²) in [4.78, 5) is 0. The van der Waals surface area contributed by atoms with Gasteiger partial charge in [-0.3, -0.25) is 11.3 Å². The minimum atomic E-state index is -0.471. The van der Waals surface area contributed by atoms with Crippen LogP contribution in [0.25, 0.3) is 0 Å². The lowest BCUT2D eigenvalue weighted by Crippen LogP contribution is -2.30. The number of nitrogens with two attached hydrogens (primary N) is 1. The Morgan fingerprint density at radius 3 is 2.62 bits per heavy atom. The highest BCUT2D eigenvalue weighted by atomic mass is 35.5. The van der Waals surface area contributed by atoms with Crippen molar-refractivity contribution < 1.29 is 13.5 Å². The van der Waals surface area contributed by atoms with Crippen molar-refractivity contribution in [2.75, 3.05) is 7.11 Å². The van der Waals surface area contributed by atoms with Crippen LogP contribution < -0.4 is 16.0 Å². The van der Waals surface area contributed by atoms with Crippen molar-refractivity contribution in [1.29, 1.82) is 0 Å². The van der Waals surface area contributed by atoms with Gasteiger partial charge in [0.05, 0.1) is 13.2 Å². The van der Waals surface area contributed by atoms with E-state index in [9.17, 15) is 8.78 Å². The van der Waals surface area contributed by atoms with E-state index in [2.05, 4.69) is 5.43 Å². The van der Waals surface area contributed by atoms with E-state index < -0.39 is 17.7 Å². The van der Waals surface area contributed by atoms with Crippen LogP contribution in [-0.2, 0) is 6.42 Å². The fourth-order valence-corrected chi connectivity index (χ4v) is 2.34. The molecule has 0 saturated heterocycles. The van der Waals surface area contributed by atoms with E-state index >= 15 is 0 Å². The third kappa shape index (κ3) is 3.50. The van der Waals surface area contributed by atoms with E-state index in [1.807, 2.05) is 0 Å². The maximum Gasteiger partial charge on any atom is 0.165 e. The maximum atomic E-state index is 13.8. The highest BCUT2D eigenvalue weighted by Crippen LogP contribution is 2.28. The van der Waals surface area contributed by atoms with Crippen molar-refractivity contribution in [3.05, 3.63) is 64.2 Å². The fourth-order valence-electron chi connectivity index (χ4n) is 2.10. The molecule has 2 aromatic rings. The lowest BCUT2D eigenvalue weighted by atomic mass is 9.98. The van der Waals surface area contributed by atoms with Gasteiger partial charge in [-0.25, -0.2) is 8.78 Å². The summed E-state index contributed by atoms with van der Waals surface area (Å²) in [6.07, 6.45) is 0.233. The lowest BCUT2D eigenvalue weighted by Gasteiger charge is -2.18. The van der Waals surface area contributed by atoms with E-state index in [0.29, 0.717) is 16.1 Å². The Labute approximate surface area is 126 Å². The molecule has 0 amide bonds. The molecule has 0 saturated carbocycles. The molecular weight excluding hydrogens is 298 g/mol. The zero-order valence-electron chi connectivity index (χ0n) is 11.4. The quantitative estimate of drug-likeness (QED) is 0.657. The molecule has 1 unspecified atom stereocenters. The number of hydrogen-bond acceptors (Lipinski definition) is 3. The second-order valence-electron chi connectivity index (χ2n) is 4.52. The molecule has 0 spiro atoms. The Bertz CT molecular complexity index is 617. The first-order valence-corrected chi connectivity index (χ1v) is 6.67. The third-order valence-electron chi connectivity index (χ3n) is 3.25. The number of nitrogens with one attached hydrogen (secondary N) is 1. The van der Waals surface area contributed by atoms with Crippen LogP contribution in [-0.4, -0.2) is 7.11 Å². The van der Waals surface area contributed by atoms with Crippen LogP contribution in [0.3, 0.4) is 0 Å². The molecule has 0 fully saturated rings. The first-order chi connectivity index (χ1) is 10.1. The predicted molar refractivity (Wildman–Crippen MR) is 78.1 cm³/mol. The molecule has 0 radical (unpaired) electrons. The summed E-state index contributed by atoms with van der Waals surface area (Å²) >= 11 is 6.01. The molecule has 0 heterocycles. The first kappa shape index (κ1) is 15.7. The third-order valence-corrected chi connectivity index (χ3v) is 3.60. The van der Waals surface area contributed by atoms with Gasteiger partial charge in [-0.2, -0.15) is 0 Å². The fraction of sp³-hybridized carbons (Fsp3) is 0.200. The molecular formula is C15H15ClF2N2O. The normalized spacial score (nSPS) is 12.2. The highest BCUT2D eigenvalue weighted by molar-refractivity contribution is 6.31. The van der Waals surface area contributed by atoms with Gasteiger partial charge in [0.2, 0.25) is 0 Å². The van der Waals surface area contributed by atoms with Crippen molar-refractivity contribution in [1.82, 2.24) is 5.43 Å². The molecule has 2 rings (SSSR count). The number of hydrogen-bond donors (Lipinski definition) is 2. The molecule has 0 bridgehead atoms. The predicted octanol–water partition coefficient (Wildman–Crippen LogP) is 3.37. The smallest absolute Gasteiger partial charge is 0.165 e. The molecule has 3 N–H and O–H groups in total. The van der Waals surface area contributed by atoms with E-state index in [0.717, 1.165) is 0 Å². The molecule has 0 aliphatic rings. The van der Waals surface area contributed by atoms with Crippen molar-refractivity contribution in [2.45, 2.75) is 12.5 Å². The van der Waals surface area contributed by atoms with Gasteiger partial charge in [-0.05, 0) is 36.2 Å². The number of methoxy groups -OCH3 is 1. The average Bonchev–Trinajstić information content (AvgIpc) is 2.48. The van der Waals surface area contributed by atoms with Crippen LogP contribution in [0.1, 0.15) is 17.2 Å². The summed E-state index contributed by atoms with van der Waals surface area (Å²) < 4.78 is 32.2. The van der Waals surface area contributed by atoms with Gasteiger partial charge in [0.15, 0.2) is 11.6 Å². The summed E-state index contributed by atoms with van der Waals surface area (Å²) in [5.74, 6) is 4.76. The van der Waals surface area contributed by atoms with Gasteiger partial charge in [0.25, 0.3) is 0 Å². The second-order valence-corrected chi connectivity index (χ2v) is 4.92. The van der Waals surface area contributed by atoms with Gasteiger partial charge in [0, 0.05) is 10.6 Å². The number of benzene rings is 2. The largest absolute Gasteiger partial charge is 0.494 e. The van der Waals surface area contributed by atoms with E-state index in [-0.39, 0.29) is 12.2 Å². The zero-order chi connectivity index (χ0) is 15.4. The molecule has 3 nitrogen and oxygen atoms in total. The van der Waals surface area contributed by atoms with Crippen LogP contribution in [0.5, 0.6) is 5.75 Å². The molecule has 2 aromatic carbocycles. The number of rotatable bonds is 5. The lowest BCUT2D eigenvalue weighted by molar-refractivity contribution is 0.384. The van der Waals surface area contributed by atoms with Crippen molar-refractivity contribution in [3.63, 3.8) is 0 Å². The molecule has 112 valence electrons. The maximum absolute atomic E-state index is 13.8. The number of ether oxygens (including phenoxy) is 1. The zero-order valence-corrected chi connectivity index (χ0v) is 12.1. The van der Waals surface area contributed by atoms with E-state index in [1.54, 1.807) is 12.1 Å². The van der Waals surface area contributed by atoms with E-state index in [1.165, 1.54) is 31.4 Å². The first-order valence-electron chi connectivity index (χ1n) is 6.29. The minimum Gasteiger partial charge on any atom is -0.494 e. The highest BCUT2D eigenvalue weighted by Gasteiger charge is 2.17. The molecule has 0 aromatic heterocycles. The summed E-state index contributed by atoms with van der Waals surface area (Å²) in [7, 11) is 1.38. The molecule has 0 aliphatic carbocycles. The monoisotopic (exact) mass is 312 g/mol. The summed E-state index contributed by atoms with van der Waals surface area (Å²) in [5, 5.41) is 0.323. The Kier molecular flexibility index (Phi) is 5.12. The van der Waals surface area contributed by atoms with Crippen molar-refractivity contribution in [3.8, 4) is 5.75 Å². The van der Waals surface area contributed by atoms with Gasteiger partial charge in [0.1, 0.15) is 5.82 Å². The Hall–Kier alpha value is -1.69. The Morgan fingerprint density at radius 1 is 1.24 bits per heavy atom. The minimum absolute atomic E-state index is 0.104. The van der Waals surface area contributed by atoms with Crippen LogP contribution in [0.2, 0.25) is 5.02 Å². The SMILES string of the molecule is COc1cc(C(Cc2c(F)cccc2Cl)NN)ccc1F. The van der Waals surface area contributed by atoms with Crippen LogP contribution in [0.15, 0.2) is 36.4 Å². The summed E-state index contributed by atoms with van der Waals surface area (Å²) in [6, 6.07) is 8.42. The number of hydrazine groups is 1. The van der Waals surface area contributed by atoms with Gasteiger partial charge < -0.3 is 4.74 Å². The standard InChI is InChI=1S/C15H15ClF2N2O/c1-21-15-7-9(5-6-13(15)18)14(20-19)8-10-11(16)3-2-4-12(10)17/h2-7,14,20H,8,19H2,1H3. The topological polar surface area (TPSA) is 47.3 Å². The summed E-state index contributed by atoms with van der Waals surface area (Å²) in [6.45, 7) is 0. The number of halogens is 3. The van der Waals surface area contributed by atoms with Gasteiger partial charge in [-0.15, -0.1) is 0 Å². The van der Waals surface area contributed by atoms with Crippen molar-refractivity contribution in [2.24, 2.45) is 5.84 Å². The molecule has 21 heavy (non-hydrogen) atoms. The van der Waals surface area contributed by atoms with Crippen LogP contribution in [0.4, 0.5) is 8.78 Å². The average molecular weight is 313 g/mol. The van der Waals surface area contributed by atoms with Gasteiger partial charge >= 0.3 is 0 Å². The Morgan fingerprint density at radius 2 is 2.00 bits per heavy atom. The molecule has 0 aliphatic heterocycles. The molecule has 6 heteroatoms. The Balaban J connectivity index is 2.32.